The minimum atomic E-state index is -0.706. The lowest BCUT2D eigenvalue weighted by atomic mass is 10.0. The fourth-order valence-corrected chi connectivity index (χ4v) is 4.24. The van der Waals surface area contributed by atoms with Gasteiger partial charge in [0.25, 0.3) is 0 Å². The Labute approximate surface area is 209 Å². The predicted molar refractivity (Wildman–Crippen MR) is 140 cm³/mol. The standard InChI is InChI=1S/C28H55NO5/c1-3-4-5-8-13-18-26(2)25-34-28(33)20-15-10-7-12-17-22-29(23-24-30)21-16-11-6-9-14-19-27(31)32/h26,30H,3-25H2,1-2H3,(H,31,32). The lowest BCUT2D eigenvalue weighted by Gasteiger charge is -2.21. The zero-order valence-electron chi connectivity index (χ0n) is 22.4. The molecule has 0 radical (unpaired) electrons. The van der Waals surface area contributed by atoms with E-state index in [2.05, 4.69) is 18.7 Å². The van der Waals surface area contributed by atoms with Crippen molar-refractivity contribution in [2.24, 2.45) is 5.92 Å². The van der Waals surface area contributed by atoms with Crippen LogP contribution in [0.4, 0.5) is 0 Å². The molecule has 0 aliphatic rings. The number of aliphatic hydroxyl groups excluding tert-OH is 1. The zero-order chi connectivity index (χ0) is 25.3. The van der Waals surface area contributed by atoms with Crippen LogP contribution in [-0.2, 0) is 14.3 Å². The molecule has 6 heteroatoms. The van der Waals surface area contributed by atoms with E-state index in [1.807, 2.05) is 0 Å². The number of rotatable bonds is 26. The first kappa shape index (κ1) is 32.9. The van der Waals surface area contributed by atoms with Gasteiger partial charge in [-0.05, 0) is 51.1 Å². The van der Waals surface area contributed by atoms with Crippen LogP contribution >= 0.6 is 0 Å². The highest BCUT2D eigenvalue weighted by Crippen LogP contribution is 2.13. The molecule has 0 aromatic heterocycles. The summed E-state index contributed by atoms with van der Waals surface area (Å²) in [7, 11) is 0. The van der Waals surface area contributed by atoms with Gasteiger partial charge in [-0.15, -0.1) is 0 Å². The van der Waals surface area contributed by atoms with E-state index in [1.54, 1.807) is 0 Å². The molecule has 0 saturated carbocycles. The van der Waals surface area contributed by atoms with E-state index in [9.17, 15) is 14.7 Å². The van der Waals surface area contributed by atoms with Gasteiger partial charge in [0.1, 0.15) is 0 Å². The molecule has 1 atom stereocenters. The molecular formula is C28H55NO5. The molecule has 202 valence electrons. The van der Waals surface area contributed by atoms with E-state index < -0.39 is 5.97 Å². The summed E-state index contributed by atoms with van der Waals surface area (Å²) in [6, 6.07) is 0. The van der Waals surface area contributed by atoms with Crippen LogP contribution in [0.1, 0.15) is 129 Å². The summed E-state index contributed by atoms with van der Waals surface area (Å²) in [4.78, 5) is 24.8. The predicted octanol–water partition coefficient (Wildman–Crippen LogP) is 6.59. The third-order valence-corrected chi connectivity index (χ3v) is 6.47. The largest absolute Gasteiger partial charge is 0.481 e. The lowest BCUT2D eigenvalue weighted by Crippen LogP contribution is -2.29. The monoisotopic (exact) mass is 485 g/mol. The van der Waals surface area contributed by atoms with Gasteiger partial charge in [-0.1, -0.05) is 84.5 Å². The highest BCUT2D eigenvalue weighted by atomic mass is 16.5. The Morgan fingerprint density at radius 2 is 1.26 bits per heavy atom. The summed E-state index contributed by atoms with van der Waals surface area (Å²) >= 11 is 0. The van der Waals surface area contributed by atoms with Crippen LogP contribution in [-0.4, -0.2) is 59.9 Å². The van der Waals surface area contributed by atoms with Crippen LogP contribution in [0.15, 0.2) is 0 Å². The maximum atomic E-state index is 11.9. The van der Waals surface area contributed by atoms with E-state index in [-0.39, 0.29) is 19.0 Å². The number of unbranched alkanes of at least 4 members (excludes halogenated alkanes) is 12. The smallest absolute Gasteiger partial charge is 0.305 e. The maximum Gasteiger partial charge on any atom is 0.305 e. The van der Waals surface area contributed by atoms with Crippen molar-refractivity contribution in [3.05, 3.63) is 0 Å². The molecule has 0 bridgehead atoms. The molecule has 2 N–H and O–H groups in total. The lowest BCUT2D eigenvalue weighted by molar-refractivity contribution is -0.145. The summed E-state index contributed by atoms with van der Waals surface area (Å²) in [6.45, 7) is 7.90. The average Bonchev–Trinajstić information content (AvgIpc) is 2.81. The van der Waals surface area contributed by atoms with E-state index in [1.165, 1.54) is 32.1 Å². The molecule has 0 saturated heterocycles. The van der Waals surface area contributed by atoms with Gasteiger partial charge in [0.15, 0.2) is 0 Å². The number of carboxylic acid groups (broad SMARTS) is 1. The fraction of sp³-hybridized carbons (Fsp3) is 0.929. The van der Waals surface area contributed by atoms with Crippen LogP contribution in [0.5, 0.6) is 0 Å². The number of carboxylic acids is 1. The van der Waals surface area contributed by atoms with Crippen LogP contribution in [0.2, 0.25) is 0 Å². The molecule has 0 heterocycles. The average molecular weight is 486 g/mol. The van der Waals surface area contributed by atoms with Crippen molar-refractivity contribution in [3.63, 3.8) is 0 Å². The molecule has 34 heavy (non-hydrogen) atoms. The third kappa shape index (κ3) is 24.0. The number of ether oxygens (including phenoxy) is 1. The van der Waals surface area contributed by atoms with Gasteiger partial charge < -0.3 is 19.8 Å². The van der Waals surface area contributed by atoms with E-state index >= 15 is 0 Å². The van der Waals surface area contributed by atoms with Crippen LogP contribution in [0.3, 0.4) is 0 Å². The van der Waals surface area contributed by atoms with Crippen LogP contribution < -0.4 is 0 Å². The minimum Gasteiger partial charge on any atom is -0.481 e. The van der Waals surface area contributed by atoms with Gasteiger partial charge in [0, 0.05) is 19.4 Å². The highest BCUT2D eigenvalue weighted by Gasteiger charge is 2.08. The SMILES string of the molecule is CCCCCCCC(C)COC(=O)CCCCCCCN(CCO)CCCCCCCC(=O)O. The van der Waals surface area contributed by atoms with Crippen molar-refractivity contribution in [1.29, 1.82) is 0 Å². The summed E-state index contributed by atoms with van der Waals surface area (Å²) in [5.74, 6) is -0.290. The molecule has 0 rings (SSSR count). The number of hydrogen-bond acceptors (Lipinski definition) is 5. The molecule has 0 aromatic rings. The van der Waals surface area contributed by atoms with E-state index in [4.69, 9.17) is 9.84 Å². The first-order valence-corrected chi connectivity index (χ1v) is 14.2. The molecule has 0 aliphatic carbocycles. The Morgan fingerprint density at radius 1 is 0.735 bits per heavy atom. The minimum absolute atomic E-state index is 0.0464. The van der Waals surface area contributed by atoms with Crippen LogP contribution in [0.25, 0.3) is 0 Å². The van der Waals surface area contributed by atoms with Crippen molar-refractivity contribution < 1.29 is 24.5 Å². The normalized spacial score (nSPS) is 12.2. The quantitative estimate of drug-likeness (QED) is 0.106. The number of nitrogens with zero attached hydrogens (tertiary/aromatic N) is 1. The summed E-state index contributed by atoms with van der Waals surface area (Å²) in [6.07, 6.45) is 18.9. The van der Waals surface area contributed by atoms with Crippen molar-refractivity contribution in [2.45, 2.75) is 129 Å². The molecule has 0 spiro atoms. The van der Waals surface area contributed by atoms with Crippen LogP contribution in [0, 0.1) is 5.92 Å². The van der Waals surface area contributed by atoms with Gasteiger partial charge >= 0.3 is 11.9 Å². The second kappa shape index (κ2) is 25.0. The fourth-order valence-electron chi connectivity index (χ4n) is 4.24. The summed E-state index contributed by atoms with van der Waals surface area (Å²) in [5, 5.41) is 18.0. The molecular weight excluding hydrogens is 430 g/mol. The molecule has 0 aliphatic heterocycles. The number of carbonyl (C=O) groups excluding carboxylic acids is 1. The summed E-state index contributed by atoms with van der Waals surface area (Å²) in [5.41, 5.74) is 0. The topological polar surface area (TPSA) is 87.1 Å². The molecule has 0 aromatic carbocycles. The maximum absolute atomic E-state index is 11.9. The van der Waals surface area contributed by atoms with Crippen molar-refractivity contribution in [1.82, 2.24) is 4.90 Å². The van der Waals surface area contributed by atoms with Gasteiger partial charge in [-0.3, -0.25) is 9.59 Å². The Balaban J connectivity index is 3.60. The second-order valence-corrected chi connectivity index (χ2v) is 9.99. The highest BCUT2D eigenvalue weighted by molar-refractivity contribution is 5.69. The van der Waals surface area contributed by atoms with E-state index in [0.29, 0.717) is 18.9 Å². The third-order valence-electron chi connectivity index (χ3n) is 6.47. The number of aliphatic hydroxyl groups is 1. The number of aliphatic carboxylic acids is 1. The van der Waals surface area contributed by atoms with Crippen molar-refractivity contribution in [3.8, 4) is 0 Å². The Hall–Kier alpha value is -1.14. The van der Waals surface area contributed by atoms with Crippen molar-refractivity contribution >= 4 is 11.9 Å². The van der Waals surface area contributed by atoms with Gasteiger partial charge in [-0.25, -0.2) is 0 Å². The Bertz CT molecular complexity index is 472. The van der Waals surface area contributed by atoms with E-state index in [0.717, 1.165) is 90.3 Å². The van der Waals surface area contributed by atoms with Gasteiger partial charge in [0.05, 0.1) is 13.2 Å². The van der Waals surface area contributed by atoms with Gasteiger partial charge in [0.2, 0.25) is 0 Å². The Kier molecular flexibility index (Phi) is 24.1. The number of carbonyl (C=O) groups is 2. The number of esters is 1. The molecule has 6 nitrogen and oxygen atoms in total. The first-order valence-electron chi connectivity index (χ1n) is 14.2. The summed E-state index contributed by atoms with van der Waals surface area (Å²) < 4.78 is 5.45. The second-order valence-electron chi connectivity index (χ2n) is 9.99. The first-order chi connectivity index (χ1) is 16.5. The Morgan fingerprint density at radius 3 is 1.85 bits per heavy atom. The number of hydrogen-bond donors (Lipinski definition) is 2. The van der Waals surface area contributed by atoms with Crippen molar-refractivity contribution in [2.75, 3.05) is 32.8 Å². The zero-order valence-corrected chi connectivity index (χ0v) is 22.4. The van der Waals surface area contributed by atoms with Gasteiger partial charge in [-0.2, -0.15) is 0 Å². The molecule has 0 fully saturated rings. The molecule has 0 amide bonds. The molecule has 1 unspecified atom stereocenters.